The van der Waals surface area contributed by atoms with Gasteiger partial charge in [-0.2, -0.15) is 0 Å². The van der Waals surface area contributed by atoms with Crippen LogP contribution in [0.25, 0.3) is 0 Å². The van der Waals surface area contributed by atoms with Crippen molar-refractivity contribution in [2.45, 2.75) is 33.2 Å². The number of aromatic carboxylic acids is 1. The Hall–Kier alpha value is -1.36. The third-order valence-corrected chi connectivity index (χ3v) is 4.86. The zero-order valence-corrected chi connectivity index (χ0v) is 11.3. The molecule has 0 radical (unpaired) electrons. The van der Waals surface area contributed by atoms with Crippen molar-refractivity contribution in [3.8, 4) is 0 Å². The number of thiophene rings is 1. The molecular weight excluding hydrogens is 250 g/mol. The van der Waals surface area contributed by atoms with Gasteiger partial charge in [-0.3, -0.25) is 4.79 Å². The first-order valence-corrected chi connectivity index (χ1v) is 6.87. The van der Waals surface area contributed by atoms with Crippen molar-refractivity contribution >= 4 is 23.2 Å². The van der Waals surface area contributed by atoms with Crippen LogP contribution in [0.3, 0.4) is 0 Å². The molecule has 1 aliphatic carbocycles. The molecule has 0 aliphatic heterocycles. The van der Waals surface area contributed by atoms with E-state index in [1.54, 1.807) is 12.1 Å². The molecule has 18 heavy (non-hydrogen) atoms. The fourth-order valence-corrected chi connectivity index (χ4v) is 2.88. The fourth-order valence-electron chi connectivity index (χ4n) is 2.09. The van der Waals surface area contributed by atoms with Gasteiger partial charge in [0.1, 0.15) is 4.88 Å². The number of nitrogens with one attached hydrogen (secondary N) is 1. The molecule has 0 spiro atoms. The lowest BCUT2D eigenvalue weighted by Gasteiger charge is -2.07. The first kappa shape index (κ1) is 13.1. The van der Waals surface area contributed by atoms with Crippen LogP contribution in [0.1, 0.15) is 41.2 Å². The van der Waals surface area contributed by atoms with Gasteiger partial charge in [-0.15, -0.1) is 11.3 Å². The maximum atomic E-state index is 11.9. The zero-order chi connectivity index (χ0) is 13.3. The van der Waals surface area contributed by atoms with Gasteiger partial charge in [0.25, 0.3) is 0 Å². The fraction of sp³-hybridized carbons (Fsp3) is 0.538. The van der Waals surface area contributed by atoms with Crippen molar-refractivity contribution in [3.63, 3.8) is 0 Å². The summed E-state index contributed by atoms with van der Waals surface area (Å²) in [5.74, 6) is -0.704. The molecule has 0 bridgehead atoms. The number of carboxylic acids is 1. The Morgan fingerprint density at radius 2 is 2.28 bits per heavy atom. The van der Waals surface area contributed by atoms with E-state index in [4.69, 9.17) is 5.11 Å². The minimum absolute atomic E-state index is 0.0876. The topological polar surface area (TPSA) is 66.4 Å². The maximum Gasteiger partial charge on any atom is 0.345 e. The van der Waals surface area contributed by atoms with Crippen molar-refractivity contribution in [1.29, 1.82) is 0 Å². The second-order valence-corrected chi connectivity index (χ2v) is 6.22. The largest absolute Gasteiger partial charge is 0.477 e. The van der Waals surface area contributed by atoms with Crippen LogP contribution in [0, 0.1) is 11.3 Å². The molecule has 1 aromatic rings. The van der Waals surface area contributed by atoms with Crippen molar-refractivity contribution in [2.24, 2.45) is 11.3 Å². The van der Waals surface area contributed by atoms with E-state index < -0.39 is 5.97 Å². The van der Waals surface area contributed by atoms with Crippen LogP contribution in [-0.2, 0) is 11.3 Å². The van der Waals surface area contributed by atoms with Crippen molar-refractivity contribution in [3.05, 3.63) is 21.9 Å². The third kappa shape index (κ3) is 2.56. The number of carbonyl (C=O) groups is 2. The lowest BCUT2D eigenvalue weighted by atomic mass is 10.0. The molecular formula is C13H17NO3S. The number of hydrogen-bond acceptors (Lipinski definition) is 3. The highest BCUT2D eigenvalue weighted by Gasteiger charge is 2.52. The van der Waals surface area contributed by atoms with Gasteiger partial charge in [-0.1, -0.05) is 13.8 Å². The SMILES string of the molecule is CCC1(C)CC1C(=O)NCc1ccc(C(=O)O)s1. The van der Waals surface area contributed by atoms with E-state index in [0.717, 1.165) is 17.7 Å². The number of hydrogen-bond donors (Lipinski definition) is 2. The van der Waals surface area contributed by atoms with E-state index >= 15 is 0 Å². The second kappa shape index (κ2) is 4.72. The molecule has 1 heterocycles. The highest BCUT2D eigenvalue weighted by molar-refractivity contribution is 7.13. The van der Waals surface area contributed by atoms with Crippen LogP contribution in [0.2, 0.25) is 0 Å². The highest BCUT2D eigenvalue weighted by atomic mass is 32.1. The van der Waals surface area contributed by atoms with E-state index in [0.29, 0.717) is 11.4 Å². The van der Waals surface area contributed by atoms with E-state index in [1.165, 1.54) is 11.3 Å². The average molecular weight is 267 g/mol. The van der Waals surface area contributed by atoms with Gasteiger partial charge >= 0.3 is 5.97 Å². The van der Waals surface area contributed by atoms with Gasteiger partial charge in [0.05, 0.1) is 6.54 Å². The van der Waals surface area contributed by atoms with Gasteiger partial charge in [-0.25, -0.2) is 4.79 Å². The summed E-state index contributed by atoms with van der Waals surface area (Å²) >= 11 is 1.21. The molecule has 5 heteroatoms. The van der Waals surface area contributed by atoms with Gasteiger partial charge in [0, 0.05) is 10.8 Å². The van der Waals surface area contributed by atoms with E-state index in [2.05, 4.69) is 19.2 Å². The first-order chi connectivity index (χ1) is 8.46. The first-order valence-electron chi connectivity index (χ1n) is 6.06. The molecule has 98 valence electrons. The quantitative estimate of drug-likeness (QED) is 0.861. The number of amides is 1. The van der Waals surface area contributed by atoms with Crippen molar-refractivity contribution in [2.75, 3.05) is 0 Å². The summed E-state index contributed by atoms with van der Waals surface area (Å²) < 4.78 is 0. The Morgan fingerprint density at radius 3 is 2.78 bits per heavy atom. The van der Waals surface area contributed by atoms with Gasteiger partial charge in [-0.05, 0) is 30.4 Å². The van der Waals surface area contributed by atoms with Crippen LogP contribution in [-0.4, -0.2) is 17.0 Å². The Labute approximate surface area is 110 Å². The van der Waals surface area contributed by atoms with Crippen molar-refractivity contribution < 1.29 is 14.7 Å². The molecule has 1 saturated carbocycles. The average Bonchev–Trinajstić information content (AvgIpc) is 2.82. The van der Waals surface area contributed by atoms with Gasteiger partial charge < -0.3 is 10.4 Å². The van der Waals surface area contributed by atoms with E-state index in [-0.39, 0.29) is 17.2 Å². The number of rotatable bonds is 5. The third-order valence-electron chi connectivity index (χ3n) is 3.79. The molecule has 0 aromatic carbocycles. The van der Waals surface area contributed by atoms with Crippen LogP contribution < -0.4 is 5.32 Å². The predicted octanol–water partition coefficient (Wildman–Crippen LogP) is 2.50. The molecule has 1 amide bonds. The molecule has 2 unspecified atom stereocenters. The normalized spacial score (nSPS) is 25.8. The molecule has 1 aliphatic rings. The lowest BCUT2D eigenvalue weighted by Crippen LogP contribution is -2.26. The van der Waals surface area contributed by atoms with Crippen LogP contribution in [0.4, 0.5) is 0 Å². The molecule has 0 saturated heterocycles. The van der Waals surface area contributed by atoms with Crippen LogP contribution >= 0.6 is 11.3 Å². The van der Waals surface area contributed by atoms with E-state index in [9.17, 15) is 9.59 Å². The summed E-state index contributed by atoms with van der Waals surface area (Å²) in [6.45, 7) is 4.66. The van der Waals surface area contributed by atoms with E-state index in [1.807, 2.05) is 0 Å². The molecule has 1 fully saturated rings. The minimum atomic E-state index is -0.918. The smallest absolute Gasteiger partial charge is 0.345 e. The minimum Gasteiger partial charge on any atom is -0.477 e. The zero-order valence-electron chi connectivity index (χ0n) is 10.5. The molecule has 1 aromatic heterocycles. The molecule has 2 atom stereocenters. The summed E-state index contributed by atoms with van der Waals surface area (Å²) in [6, 6.07) is 3.32. The summed E-state index contributed by atoms with van der Waals surface area (Å²) in [4.78, 5) is 23.8. The Kier molecular flexibility index (Phi) is 3.43. The number of carboxylic acid groups (broad SMARTS) is 1. The predicted molar refractivity (Wildman–Crippen MR) is 69.6 cm³/mol. The van der Waals surface area contributed by atoms with Crippen LogP contribution in [0.15, 0.2) is 12.1 Å². The Balaban J connectivity index is 1.85. The lowest BCUT2D eigenvalue weighted by molar-refractivity contribution is -0.123. The molecule has 2 rings (SSSR count). The monoisotopic (exact) mass is 267 g/mol. The van der Waals surface area contributed by atoms with Crippen molar-refractivity contribution in [1.82, 2.24) is 5.32 Å². The highest BCUT2D eigenvalue weighted by Crippen LogP contribution is 2.54. The summed E-state index contributed by atoms with van der Waals surface area (Å²) in [7, 11) is 0. The molecule has 2 N–H and O–H groups in total. The van der Waals surface area contributed by atoms with Gasteiger partial charge in [0.2, 0.25) is 5.91 Å². The Bertz CT molecular complexity index is 482. The summed E-state index contributed by atoms with van der Waals surface area (Å²) in [6.07, 6.45) is 1.98. The Morgan fingerprint density at radius 1 is 1.56 bits per heavy atom. The van der Waals surface area contributed by atoms with Gasteiger partial charge in [0.15, 0.2) is 0 Å². The maximum absolute atomic E-state index is 11.9. The second-order valence-electron chi connectivity index (χ2n) is 5.05. The summed E-state index contributed by atoms with van der Waals surface area (Å²) in [5.41, 5.74) is 0.172. The van der Waals surface area contributed by atoms with Crippen LogP contribution in [0.5, 0.6) is 0 Å². The summed E-state index contributed by atoms with van der Waals surface area (Å²) in [5, 5.41) is 11.7. The number of carbonyl (C=O) groups excluding carboxylic acids is 1. The molecule has 4 nitrogen and oxygen atoms in total. The standard InChI is InChI=1S/C13H17NO3S/c1-3-13(2)6-9(13)11(15)14-7-8-4-5-10(18-8)12(16)17/h4-5,9H,3,6-7H2,1-2H3,(H,14,15)(H,16,17).